The van der Waals surface area contributed by atoms with E-state index in [2.05, 4.69) is 42.3 Å². The van der Waals surface area contributed by atoms with Crippen LogP contribution in [-0.2, 0) is 4.74 Å². The van der Waals surface area contributed by atoms with Crippen LogP contribution in [0.1, 0.15) is 32.1 Å². The molecule has 0 saturated heterocycles. The Kier molecular flexibility index (Phi) is 4.87. The summed E-state index contributed by atoms with van der Waals surface area (Å²) in [7, 11) is 2.12. The third-order valence-electron chi connectivity index (χ3n) is 3.53. The molecule has 0 unspecified atom stereocenters. The third kappa shape index (κ3) is 4.04. The molecule has 0 aliphatic heterocycles. The fourth-order valence-electron chi connectivity index (χ4n) is 2.40. The minimum Gasteiger partial charge on any atom is -0.376 e. The normalized spacial score (nSPS) is 17.0. The number of hydrogen-bond acceptors (Lipinski definition) is 2. The lowest BCUT2D eigenvalue weighted by molar-refractivity contribution is 0.0330. The lowest BCUT2D eigenvalue weighted by atomic mass is 9.98. The van der Waals surface area contributed by atoms with E-state index >= 15 is 0 Å². The monoisotopic (exact) mass is 233 g/mol. The Balaban J connectivity index is 1.67. The van der Waals surface area contributed by atoms with E-state index in [4.69, 9.17) is 4.74 Å². The predicted molar refractivity (Wildman–Crippen MR) is 72.5 cm³/mol. The molecule has 0 aromatic heterocycles. The van der Waals surface area contributed by atoms with Crippen LogP contribution >= 0.6 is 0 Å². The van der Waals surface area contributed by atoms with Crippen LogP contribution in [0.5, 0.6) is 0 Å². The molecule has 94 valence electrons. The van der Waals surface area contributed by atoms with Gasteiger partial charge in [0, 0.05) is 19.3 Å². The van der Waals surface area contributed by atoms with Gasteiger partial charge in [0.05, 0.1) is 12.7 Å². The van der Waals surface area contributed by atoms with Gasteiger partial charge in [-0.05, 0) is 25.0 Å². The molecule has 0 radical (unpaired) electrons. The largest absolute Gasteiger partial charge is 0.376 e. The summed E-state index contributed by atoms with van der Waals surface area (Å²) in [5.41, 5.74) is 1.26. The molecule has 0 bridgehead atoms. The first-order chi connectivity index (χ1) is 8.36. The van der Waals surface area contributed by atoms with Crippen molar-refractivity contribution in [3.8, 4) is 0 Å². The zero-order valence-corrected chi connectivity index (χ0v) is 10.8. The molecule has 0 amide bonds. The Hall–Kier alpha value is -1.02. The van der Waals surface area contributed by atoms with Crippen LogP contribution in [0.4, 0.5) is 5.69 Å². The highest BCUT2D eigenvalue weighted by molar-refractivity contribution is 5.44. The summed E-state index contributed by atoms with van der Waals surface area (Å²) in [6.07, 6.45) is 7.12. The first-order valence-electron chi connectivity index (χ1n) is 6.74. The van der Waals surface area contributed by atoms with Crippen LogP contribution in [0.2, 0.25) is 0 Å². The van der Waals surface area contributed by atoms with Crippen LogP contribution in [0, 0.1) is 0 Å². The number of anilines is 1. The van der Waals surface area contributed by atoms with Crippen molar-refractivity contribution >= 4 is 5.69 Å². The molecule has 0 spiro atoms. The zero-order chi connectivity index (χ0) is 11.9. The molecule has 0 atom stereocenters. The number of nitrogens with zero attached hydrogens (tertiary/aromatic N) is 1. The average molecular weight is 233 g/mol. The van der Waals surface area contributed by atoms with Crippen molar-refractivity contribution in [3.63, 3.8) is 0 Å². The van der Waals surface area contributed by atoms with Crippen molar-refractivity contribution in [2.45, 2.75) is 38.2 Å². The SMILES string of the molecule is CN(CCOC1CCCCC1)c1ccccc1. The van der Waals surface area contributed by atoms with Gasteiger partial charge < -0.3 is 9.64 Å². The van der Waals surface area contributed by atoms with Crippen LogP contribution in [0.25, 0.3) is 0 Å². The Morgan fingerprint density at radius 1 is 1.12 bits per heavy atom. The highest BCUT2D eigenvalue weighted by atomic mass is 16.5. The quantitative estimate of drug-likeness (QED) is 0.772. The highest BCUT2D eigenvalue weighted by Gasteiger charge is 2.13. The molecule has 1 aromatic rings. The standard InChI is InChI=1S/C15H23NO/c1-16(14-8-4-2-5-9-14)12-13-17-15-10-6-3-7-11-15/h2,4-5,8-9,15H,3,6-7,10-13H2,1H3. The van der Waals surface area contributed by atoms with Gasteiger partial charge in [0.2, 0.25) is 0 Å². The van der Waals surface area contributed by atoms with Gasteiger partial charge in [-0.1, -0.05) is 37.5 Å². The smallest absolute Gasteiger partial charge is 0.0645 e. The van der Waals surface area contributed by atoms with Crippen molar-refractivity contribution in [1.82, 2.24) is 0 Å². The van der Waals surface area contributed by atoms with Crippen molar-refractivity contribution in [2.24, 2.45) is 0 Å². The average Bonchev–Trinajstić information content (AvgIpc) is 2.41. The van der Waals surface area contributed by atoms with Gasteiger partial charge in [0.15, 0.2) is 0 Å². The molecule has 0 heterocycles. The van der Waals surface area contributed by atoms with Crippen molar-refractivity contribution in [2.75, 3.05) is 25.1 Å². The van der Waals surface area contributed by atoms with E-state index in [-0.39, 0.29) is 0 Å². The molecule has 1 fully saturated rings. The fraction of sp³-hybridized carbons (Fsp3) is 0.600. The van der Waals surface area contributed by atoms with Crippen molar-refractivity contribution in [1.29, 1.82) is 0 Å². The van der Waals surface area contributed by atoms with Gasteiger partial charge in [-0.25, -0.2) is 0 Å². The number of hydrogen-bond donors (Lipinski definition) is 0. The molecule has 1 aliphatic rings. The number of para-hydroxylation sites is 1. The van der Waals surface area contributed by atoms with E-state index in [9.17, 15) is 0 Å². The Labute approximate surface area is 105 Å². The predicted octanol–water partition coefficient (Wildman–Crippen LogP) is 3.47. The second-order valence-corrected chi connectivity index (χ2v) is 4.89. The first kappa shape index (κ1) is 12.4. The van der Waals surface area contributed by atoms with Gasteiger partial charge in [0.1, 0.15) is 0 Å². The maximum Gasteiger partial charge on any atom is 0.0645 e. The summed E-state index contributed by atoms with van der Waals surface area (Å²) in [6.45, 7) is 1.82. The summed E-state index contributed by atoms with van der Waals surface area (Å²) in [6, 6.07) is 10.5. The Morgan fingerprint density at radius 3 is 2.53 bits per heavy atom. The molecule has 17 heavy (non-hydrogen) atoms. The molecule has 1 aliphatic carbocycles. The summed E-state index contributed by atoms with van der Waals surface area (Å²) in [5, 5.41) is 0. The molecular formula is C15H23NO. The Bertz CT molecular complexity index is 306. The molecule has 2 rings (SSSR count). The number of likely N-dealkylation sites (N-methyl/N-ethyl adjacent to an activating group) is 1. The summed E-state index contributed by atoms with van der Waals surface area (Å²) < 4.78 is 5.93. The highest BCUT2D eigenvalue weighted by Crippen LogP contribution is 2.20. The second-order valence-electron chi connectivity index (χ2n) is 4.89. The van der Waals surface area contributed by atoms with E-state index in [0.717, 1.165) is 13.2 Å². The summed E-state index contributed by atoms with van der Waals surface area (Å²) >= 11 is 0. The van der Waals surface area contributed by atoms with Crippen LogP contribution in [-0.4, -0.2) is 26.3 Å². The molecule has 2 nitrogen and oxygen atoms in total. The topological polar surface area (TPSA) is 12.5 Å². The zero-order valence-electron chi connectivity index (χ0n) is 10.8. The van der Waals surface area contributed by atoms with Crippen LogP contribution < -0.4 is 4.90 Å². The van der Waals surface area contributed by atoms with E-state index in [1.807, 2.05) is 0 Å². The molecule has 1 saturated carbocycles. The molecular weight excluding hydrogens is 210 g/mol. The second kappa shape index (κ2) is 6.65. The van der Waals surface area contributed by atoms with E-state index < -0.39 is 0 Å². The molecule has 0 N–H and O–H groups in total. The van der Waals surface area contributed by atoms with Gasteiger partial charge in [-0.3, -0.25) is 0 Å². The minimum absolute atomic E-state index is 0.521. The van der Waals surface area contributed by atoms with E-state index in [0.29, 0.717) is 6.10 Å². The van der Waals surface area contributed by atoms with Gasteiger partial charge in [-0.15, -0.1) is 0 Å². The van der Waals surface area contributed by atoms with Crippen molar-refractivity contribution < 1.29 is 4.74 Å². The van der Waals surface area contributed by atoms with Crippen LogP contribution in [0.3, 0.4) is 0 Å². The molecule has 1 aromatic carbocycles. The van der Waals surface area contributed by atoms with Crippen LogP contribution in [0.15, 0.2) is 30.3 Å². The maximum absolute atomic E-state index is 5.93. The van der Waals surface area contributed by atoms with E-state index in [1.165, 1.54) is 37.8 Å². The fourth-order valence-corrected chi connectivity index (χ4v) is 2.40. The lowest BCUT2D eigenvalue weighted by Gasteiger charge is -2.24. The number of rotatable bonds is 5. The minimum atomic E-state index is 0.521. The van der Waals surface area contributed by atoms with Gasteiger partial charge in [-0.2, -0.15) is 0 Å². The van der Waals surface area contributed by atoms with E-state index in [1.54, 1.807) is 0 Å². The number of ether oxygens (including phenoxy) is 1. The lowest BCUT2D eigenvalue weighted by Crippen LogP contribution is -2.26. The first-order valence-corrected chi connectivity index (χ1v) is 6.74. The Morgan fingerprint density at radius 2 is 1.82 bits per heavy atom. The van der Waals surface area contributed by atoms with Gasteiger partial charge in [0.25, 0.3) is 0 Å². The summed E-state index contributed by atoms with van der Waals surface area (Å²) in [5.74, 6) is 0. The van der Waals surface area contributed by atoms with Crippen molar-refractivity contribution in [3.05, 3.63) is 30.3 Å². The van der Waals surface area contributed by atoms with Gasteiger partial charge >= 0.3 is 0 Å². The maximum atomic E-state index is 5.93. The number of benzene rings is 1. The summed E-state index contributed by atoms with van der Waals surface area (Å²) in [4.78, 5) is 2.25. The molecule has 2 heteroatoms. The third-order valence-corrected chi connectivity index (χ3v) is 3.53.